The van der Waals surface area contributed by atoms with Gasteiger partial charge in [0.15, 0.2) is 0 Å². The number of rotatable bonds is 4. The van der Waals surface area contributed by atoms with Crippen LogP contribution >= 0.6 is 0 Å². The second-order valence-electron chi connectivity index (χ2n) is 5.82. The van der Waals surface area contributed by atoms with Gasteiger partial charge in [-0.2, -0.15) is 0 Å². The Morgan fingerprint density at radius 2 is 2.05 bits per heavy atom. The van der Waals surface area contributed by atoms with Crippen LogP contribution in [0.1, 0.15) is 56.7 Å². The van der Waals surface area contributed by atoms with Gasteiger partial charge in [0.25, 0.3) is 0 Å². The molecule has 5 heteroatoms. The molecule has 0 bridgehead atoms. The van der Waals surface area contributed by atoms with Gasteiger partial charge in [-0.15, -0.1) is 0 Å². The summed E-state index contributed by atoms with van der Waals surface area (Å²) in [5.74, 6) is 1.53. The molecule has 3 atom stereocenters. The summed E-state index contributed by atoms with van der Waals surface area (Å²) in [7, 11) is 0. The van der Waals surface area contributed by atoms with Crippen molar-refractivity contribution >= 4 is 11.8 Å². The van der Waals surface area contributed by atoms with E-state index in [-0.39, 0.29) is 17.9 Å². The molecule has 1 N–H and O–H groups in total. The van der Waals surface area contributed by atoms with Crippen molar-refractivity contribution in [3.8, 4) is 0 Å². The van der Waals surface area contributed by atoms with Crippen molar-refractivity contribution in [2.75, 3.05) is 0 Å². The van der Waals surface area contributed by atoms with E-state index in [1.165, 1.54) is 0 Å². The van der Waals surface area contributed by atoms with E-state index >= 15 is 0 Å². The van der Waals surface area contributed by atoms with Gasteiger partial charge in [-0.3, -0.25) is 9.59 Å². The number of piperazine rings is 1. The zero-order valence-electron chi connectivity index (χ0n) is 13.4. The molecule has 0 aliphatic carbocycles. The first-order valence-corrected chi connectivity index (χ1v) is 7.56. The molecule has 1 aromatic rings. The zero-order valence-corrected chi connectivity index (χ0v) is 13.4. The number of amides is 2. The Balaban J connectivity index is 2.32. The second-order valence-corrected chi connectivity index (χ2v) is 5.82. The van der Waals surface area contributed by atoms with Gasteiger partial charge in [0.05, 0.1) is 6.04 Å². The number of aryl methyl sites for hydroxylation is 2. The van der Waals surface area contributed by atoms with Crippen molar-refractivity contribution in [3.05, 3.63) is 23.2 Å². The van der Waals surface area contributed by atoms with Crippen molar-refractivity contribution in [1.82, 2.24) is 10.2 Å². The Morgan fingerprint density at radius 1 is 1.38 bits per heavy atom. The van der Waals surface area contributed by atoms with Crippen LogP contribution in [0.2, 0.25) is 0 Å². The van der Waals surface area contributed by atoms with Crippen LogP contribution in [0.4, 0.5) is 0 Å². The van der Waals surface area contributed by atoms with Gasteiger partial charge in [-0.25, -0.2) is 0 Å². The third-order valence-corrected chi connectivity index (χ3v) is 4.19. The number of carbonyl (C=O) groups is 2. The first-order chi connectivity index (χ1) is 9.86. The van der Waals surface area contributed by atoms with Crippen LogP contribution in [0.3, 0.4) is 0 Å². The van der Waals surface area contributed by atoms with Gasteiger partial charge < -0.3 is 14.6 Å². The Hall–Kier alpha value is -1.78. The highest BCUT2D eigenvalue weighted by Gasteiger charge is 2.40. The summed E-state index contributed by atoms with van der Waals surface area (Å²) >= 11 is 0. The molecule has 0 radical (unpaired) electrons. The average Bonchev–Trinajstić information content (AvgIpc) is 2.75. The van der Waals surface area contributed by atoms with Crippen molar-refractivity contribution in [2.45, 2.75) is 65.6 Å². The average molecular weight is 292 g/mol. The van der Waals surface area contributed by atoms with Crippen molar-refractivity contribution in [2.24, 2.45) is 0 Å². The minimum Gasteiger partial charge on any atom is -0.466 e. The molecule has 0 saturated carbocycles. The SMILES string of the molecule is CCCC1NC(=O)C(C)N(C(C)c2cc(C)oc2C)C1=O. The fraction of sp³-hybridized carbons (Fsp3) is 0.625. The Kier molecular flexibility index (Phi) is 4.40. The smallest absolute Gasteiger partial charge is 0.246 e. The molecule has 5 nitrogen and oxygen atoms in total. The molecule has 2 amide bonds. The minimum atomic E-state index is -0.463. The van der Waals surface area contributed by atoms with Gasteiger partial charge in [-0.1, -0.05) is 13.3 Å². The van der Waals surface area contributed by atoms with Crippen LogP contribution in [0.15, 0.2) is 10.5 Å². The lowest BCUT2D eigenvalue weighted by Crippen LogP contribution is -2.62. The maximum atomic E-state index is 12.7. The summed E-state index contributed by atoms with van der Waals surface area (Å²) in [6, 6.07) is 0.904. The van der Waals surface area contributed by atoms with Crippen LogP contribution in [0.5, 0.6) is 0 Å². The normalized spacial score (nSPS) is 24.1. The number of hydrogen-bond acceptors (Lipinski definition) is 3. The van der Waals surface area contributed by atoms with E-state index < -0.39 is 12.1 Å². The van der Waals surface area contributed by atoms with E-state index in [0.29, 0.717) is 6.42 Å². The lowest BCUT2D eigenvalue weighted by molar-refractivity contribution is -0.151. The number of hydrogen-bond donors (Lipinski definition) is 1. The highest BCUT2D eigenvalue weighted by Crippen LogP contribution is 2.30. The molecule has 0 aromatic carbocycles. The number of nitrogens with one attached hydrogen (secondary N) is 1. The lowest BCUT2D eigenvalue weighted by atomic mass is 9.99. The van der Waals surface area contributed by atoms with E-state index in [1.807, 2.05) is 33.8 Å². The standard InChI is InChI=1S/C16H24N2O3/c1-6-7-14-16(20)18(11(4)15(19)17-14)10(3)13-8-9(2)21-12(13)5/h8,10-11,14H,6-7H2,1-5H3,(H,17,19). The van der Waals surface area contributed by atoms with Crippen molar-refractivity contribution < 1.29 is 14.0 Å². The molecule has 3 unspecified atom stereocenters. The summed E-state index contributed by atoms with van der Waals surface area (Å²) < 4.78 is 5.56. The van der Waals surface area contributed by atoms with Gasteiger partial charge in [0.2, 0.25) is 11.8 Å². The van der Waals surface area contributed by atoms with Crippen LogP contribution in [0.25, 0.3) is 0 Å². The van der Waals surface area contributed by atoms with Crippen molar-refractivity contribution in [1.29, 1.82) is 0 Å². The maximum absolute atomic E-state index is 12.7. The van der Waals surface area contributed by atoms with E-state index in [0.717, 1.165) is 23.5 Å². The molecule has 0 spiro atoms. The Labute approximate surface area is 125 Å². The third kappa shape index (κ3) is 2.82. The van der Waals surface area contributed by atoms with Crippen molar-refractivity contribution in [3.63, 3.8) is 0 Å². The Bertz CT molecular complexity index is 550. The van der Waals surface area contributed by atoms with Crippen LogP contribution in [-0.4, -0.2) is 28.8 Å². The first kappa shape index (κ1) is 15.6. The number of carbonyl (C=O) groups excluding carboxylic acids is 2. The molecule has 2 heterocycles. The molecule has 1 saturated heterocycles. The molecular formula is C16H24N2O3. The fourth-order valence-electron chi connectivity index (χ4n) is 3.08. The summed E-state index contributed by atoms with van der Waals surface area (Å²) in [5.41, 5.74) is 0.970. The fourth-order valence-corrected chi connectivity index (χ4v) is 3.08. The van der Waals surface area contributed by atoms with Gasteiger partial charge in [0.1, 0.15) is 23.6 Å². The highest BCUT2D eigenvalue weighted by molar-refractivity contribution is 5.97. The lowest BCUT2D eigenvalue weighted by Gasteiger charge is -2.41. The molecule has 21 heavy (non-hydrogen) atoms. The van der Waals surface area contributed by atoms with E-state index in [9.17, 15) is 9.59 Å². The molecule has 1 aromatic heterocycles. The monoisotopic (exact) mass is 292 g/mol. The van der Waals surface area contributed by atoms with Gasteiger partial charge in [0, 0.05) is 5.56 Å². The van der Waals surface area contributed by atoms with Gasteiger partial charge in [-0.05, 0) is 40.2 Å². The summed E-state index contributed by atoms with van der Waals surface area (Å²) in [6.07, 6.45) is 1.53. The predicted molar refractivity (Wildman–Crippen MR) is 79.7 cm³/mol. The minimum absolute atomic E-state index is 0.00490. The quantitative estimate of drug-likeness (QED) is 0.927. The number of furan rings is 1. The molecule has 2 rings (SSSR count). The molecule has 1 aliphatic rings. The third-order valence-electron chi connectivity index (χ3n) is 4.19. The van der Waals surface area contributed by atoms with Gasteiger partial charge >= 0.3 is 0 Å². The summed E-state index contributed by atoms with van der Waals surface area (Å²) in [4.78, 5) is 26.5. The molecule has 1 fully saturated rings. The molecule has 116 valence electrons. The van der Waals surface area contributed by atoms with Crippen LogP contribution in [0, 0.1) is 13.8 Å². The van der Waals surface area contributed by atoms with E-state index in [1.54, 1.807) is 11.8 Å². The Morgan fingerprint density at radius 3 is 2.57 bits per heavy atom. The predicted octanol–water partition coefficient (Wildman–Crippen LogP) is 2.47. The van der Waals surface area contributed by atoms with E-state index in [4.69, 9.17) is 4.42 Å². The largest absolute Gasteiger partial charge is 0.466 e. The van der Waals surface area contributed by atoms with Crippen LogP contribution in [-0.2, 0) is 9.59 Å². The van der Waals surface area contributed by atoms with E-state index in [2.05, 4.69) is 5.32 Å². The van der Waals surface area contributed by atoms with Crippen LogP contribution < -0.4 is 5.32 Å². The second kappa shape index (κ2) is 5.92. The summed E-state index contributed by atoms with van der Waals surface area (Å²) in [5, 5.41) is 2.82. The summed E-state index contributed by atoms with van der Waals surface area (Å²) in [6.45, 7) is 9.51. The maximum Gasteiger partial charge on any atom is 0.246 e. The molecular weight excluding hydrogens is 268 g/mol. The highest BCUT2D eigenvalue weighted by atomic mass is 16.3. The first-order valence-electron chi connectivity index (χ1n) is 7.56. The number of nitrogens with zero attached hydrogens (tertiary/aromatic N) is 1. The zero-order chi connectivity index (χ0) is 15.7. The molecule has 1 aliphatic heterocycles. The topological polar surface area (TPSA) is 62.6 Å².